The van der Waals surface area contributed by atoms with Crippen LogP contribution in [-0.2, 0) is 12.8 Å². The van der Waals surface area contributed by atoms with Crippen LogP contribution in [0.2, 0.25) is 0 Å². The lowest BCUT2D eigenvalue weighted by atomic mass is 10.1. The van der Waals surface area contributed by atoms with Gasteiger partial charge in [-0.15, -0.1) is 11.3 Å². The number of methoxy groups -OCH3 is 1. The predicted molar refractivity (Wildman–Crippen MR) is 118 cm³/mol. The zero-order valence-electron chi connectivity index (χ0n) is 16.9. The highest BCUT2D eigenvalue weighted by atomic mass is 32.1. The fraction of sp³-hybridized carbons (Fsp3) is 0.364. The van der Waals surface area contributed by atoms with Gasteiger partial charge in [0.05, 0.1) is 24.9 Å². The third kappa shape index (κ3) is 6.94. The SMILES string of the molecule is COc1ccc(CCNC(=NCC(C)c2nccs2)NCCc2ccco2)cc1. The lowest BCUT2D eigenvalue weighted by molar-refractivity contribution is 0.414. The number of benzene rings is 1. The fourth-order valence-corrected chi connectivity index (χ4v) is 3.52. The molecule has 2 aromatic heterocycles. The molecular weight excluding hydrogens is 384 g/mol. The van der Waals surface area contributed by atoms with E-state index >= 15 is 0 Å². The number of thiazole rings is 1. The highest BCUT2D eigenvalue weighted by Crippen LogP contribution is 2.17. The van der Waals surface area contributed by atoms with E-state index in [1.807, 2.05) is 35.8 Å². The molecule has 0 spiro atoms. The minimum absolute atomic E-state index is 0.292. The van der Waals surface area contributed by atoms with E-state index in [4.69, 9.17) is 14.1 Å². The summed E-state index contributed by atoms with van der Waals surface area (Å²) in [5.74, 6) is 2.94. The second-order valence-electron chi connectivity index (χ2n) is 6.74. The molecule has 0 saturated carbocycles. The number of furan rings is 1. The summed E-state index contributed by atoms with van der Waals surface area (Å²) in [6.07, 6.45) is 5.27. The van der Waals surface area contributed by atoms with Crippen molar-refractivity contribution in [2.75, 3.05) is 26.7 Å². The van der Waals surface area contributed by atoms with Gasteiger partial charge in [0.25, 0.3) is 0 Å². The van der Waals surface area contributed by atoms with Crippen molar-refractivity contribution < 1.29 is 9.15 Å². The lowest BCUT2D eigenvalue weighted by Gasteiger charge is -2.14. The molecule has 7 heteroatoms. The average Bonchev–Trinajstić information content (AvgIpc) is 3.46. The van der Waals surface area contributed by atoms with Gasteiger partial charge in [0, 0.05) is 37.0 Å². The normalized spacial score (nSPS) is 12.6. The maximum atomic E-state index is 5.40. The second-order valence-corrected chi connectivity index (χ2v) is 7.67. The van der Waals surface area contributed by atoms with Gasteiger partial charge in [0.2, 0.25) is 0 Å². The first-order valence-electron chi connectivity index (χ1n) is 9.81. The molecule has 0 radical (unpaired) electrons. The summed E-state index contributed by atoms with van der Waals surface area (Å²) in [7, 11) is 1.68. The summed E-state index contributed by atoms with van der Waals surface area (Å²) >= 11 is 1.67. The predicted octanol–water partition coefficient (Wildman–Crippen LogP) is 3.87. The van der Waals surface area contributed by atoms with Crippen molar-refractivity contribution >= 4 is 17.3 Å². The van der Waals surface area contributed by atoms with Gasteiger partial charge < -0.3 is 19.8 Å². The minimum atomic E-state index is 0.292. The quantitative estimate of drug-likeness (QED) is 0.391. The standard InChI is InChI=1S/C22H28N4O2S/c1-17(21-23-13-15-29-21)16-26-22(25-12-10-20-4-3-14-28-20)24-11-9-18-5-7-19(27-2)8-6-18/h3-8,13-15,17H,9-12,16H2,1-2H3,(H2,24,25,26). The van der Waals surface area contributed by atoms with Crippen LogP contribution in [0.4, 0.5) is 0 Å². The minimum Gasteiger partial charge on any atom is -0.497 e. The molecule has 2 heterocycles. The van der Waals surface area contributed by atoms with Crippen LogP contribution < -0.4 is 15.4 Å². The molecule has 1 unspecified atom stereocenters. The van der Waals surface area contributed by atoms with E-state index in [0.29, 0.717) is 12.5 Å². The molecule has 0 aliphatic carbocycles. The van der Waals surface area contributed by atoms with Gasteiger partial charge in [-0.25, -0.2) is 4.98 Å². The molecule has 3 aromatic rings. The summed E-state index contributed by atoms with van der Waals surface area (Å²) in [6, 6.07) is 12.1. The number of aromatic nitrogens is 1. The van der Waals surface area contributed by atoms with Crippen LogP contribution in [0.3, 0.4) is 0 Å². The number of ether oxygens (including phenoxy) is 1. The Morgan fingerprint density at radius 2 is 1.97 bits per heavy atom. The van der Waals surface area contributed by atoms with Crippen LogP contribution in [0.5, 0.6) is 5.75 Å². The Labute approximate surface area is 176 Å². The Balaban J connectivity index is 1.52. The summed E-state index contributed by atoms with van der Waals surface area (Å²) in [4.78, 5) is 9.16. The summed E-state index contributed by atoms with van der Waals surface area (Å²) < 4.78 is 10.6. The van der Waals surface area contributed by atoms with Crippen LogP contribution in [0.1, 0.15) is 29.2 Å². The van der Waals surface area contributed by atoms with Crippen molar-refractivity contribution in [1.82, 2.24) is 15.6 Å². The number of nitrogens with zero attached hydrogens (tertiary/aromatic N) is 2. The summed E-state index contributed by atoms with van der Waals surface area (Å²) in [6.45, 7) is 4.39. The van der Waals surface area contributed by atoms with Crippen molar-refractivity contribution in [3.63, 3.8) is 0 Å². The van der Waals surface area contributed by atoms with E-state index in [9.17, 15) is 0 Å². The van der Waals surface area contributed by atoms with Crippen molar-refractivity contribution in [1.29, 1.82) is 0 Å². The smallest absolute Gasteiger partial charge is 0.191 e. The van der Waals surface area contributed by atoms with Gasteiger partial charge in [-0.1, -0.05) is 19.1 Å². The second kappa shape index (κ2) is 11.3. The maximum Gasteiger partial charge on any atom is 0.191 e. The summed E-state index contributed by atoms with van der Waals surface area (Å²) in [5, 5.41) is 9.96. The van der Waals surface area contributed by atoms with Crippen LogP contribution in [0, 0.1) is 0 Å². The van der Waals surface area contributed by atoms with Crippen molar-refractivity contribution in [3.05, 3.63) is 70.6 Å². The monoisotopic (exact) mass is 412 g/mol. The van der Waals surface area contributed by atoms with E-state index < -0.39 is 0 Å². The largest absolute Gasteiger partial charge is 0.497 e. The molecule has 29 heavy (non-hydrogen) atoms. The van der Waals surface area contributed by atoms with Crippen LogP contribution >= 0.6 is 11.3 Å². The Hall–Kier alpha value is -2.80. The highest BCUT2D eigenvalue weighted by molar-refractivity contribution is 7.09. The number of nitrogens with one attached hydrogen (secondary N) is 2. The Kier molecular flexibility index (Phi) is 8.12. The average molecular weight is 413 g/mol. The van der Waals surface area contributed by atoms with Crippen molar-refractivity contribution in [3.8, 4) is 5.75 Å². The molecule has 1 atom stereocenters. The zero-order valence-corrected chi connectivity index (χ0v) is 17.7. The molecule has 0 saturated heterocycles. The number of hydrogen-bond donors (Lipinski definition) is 2. The van der Waals surface area contributed by atoms with E-state index in [1.165, 1.54) is 5.56 Å². The molecule has 0 aliphatic rings. The molecule has 0 bridgehead atoms. The fourth-order valence-electron chi connectivity index (χ4n) is 2.83. The molecule has 6 nitrogen and oxygen atoms in total. The molecule has 1 aromatic carbocycles. The van der Waals surface area contributed by atoms with Crippen molar-refractivity contribution in [2.45, 2.75) is 25.7 Å². The third-order valence-corrected chi connectivity index (χ3v) is 5.51. The van der Waals surface area contributed by atoms with Gasteiger partial charge in [-0.2, -0.15) is 0 Å². The number of hydrogen-bond acceptors (Lipinski definition) is 5. The van der Waals surface area contributed by atoms with Gasteiger partial charge in [-0.3, -0.25) is 4.99 Å². The highest BCUT2D eigenvalue weighted by Gasteiger charge is 2.08. The first-order valence-corrected chi connectivity index (χ1v) is 10.7. The molecule has 0 amide bonds. The van der Waals surface area contributed by atoms with E-state index in [0.717, 1.165) is 48.4 Å². The van der Waals surface area contributed by atoms with E-state index in [-0.39, 0.29) is 0 Å². The lowest BCUT2D eigenvalue weighted by Crippen LogP contribution is -2.39. The molecular formula is C22H28N4O2S. The zero-order chi connectivity index (χ0) is 20.3. The van der Waals surface area contributed by atoms with Gasteiger partial charge in [0.1, 0.15) is 11.5 Å². The number of guanidine groups is 1. The molecule has 3 rings (SSSR count). The molecule has 2 N–H and O–H groups in total. The van der Waals surface area contributed by atoms with E-state index in [1.54, 1.807) is 24.7 Å². The molecule has 154 valence electrons. The first kappa shape index (κ1) is 20.9. The van der Waals surface area contributed by atoms with Crippen LogP contribution in [0.15, 0.2) is 63.6 Å². The third-order valence-electron chi connectivity index (χ3n) is 4.51. The Morgan fingerprint density at radius 3 is 2.62 bits per heavy atom. The topological polar surface area (TPSA) is 71.7 Å². The Morgan fingerprint density at radius 1 is 1.17 bits per heavy atom. The van der Waals surface area contributed by atoms with Crippen molar-refractivity contribution in [2.24, 2.45) is 4.99 Å². The number of rotatable bonds is 10. The van der Waals surface area contributed by atoms with Gasteiger partial charge in [0.15, 0.2) is 5.96 Å². The first-order chi connectivity index (χ1) is 14.2. The Bertz CT molecular complexity index is 846. The van der Waals surface area contributed by atoms with Crippen LogP contribution in [-0.4, -0.2) is 37.7 Å². The van der Waals surface area contributed by atoms with Crippen LogP contribution in [0.25, 0.3) is 0 Å². The van der Waals surface area contributed by atoms with Gasteiger partial charge in [-0.05, 0) is 36.2 Å². The van der Waals surface area contributed by atoms with E-state index in [2.05, 4.69) is 34.7 Å². The van der Waals surface area contributed by atoms with Gasteiger partial charge >= 0.3 is 0 Å². The molecule has 0 fully saturated rings. The number of aliphatic imine (C=N–C) groups is 1. The molecule has 0 aliphatic heterocycles. The maximum absolute atomic E-state index is 5.40. The summed E-state index contributed by atoms with van der Waals surface area (Å²) in [5.41, 5.74) is 1.25.